The third-order valence-electron chi connectivity index (χ3n) is 2.62. The summed E-state index contributed by atoms with van der Waals surface area (Å²) in [6.45, 7) is 0. The second kappa shape index (κ2) is 5.70. The van der Waals surface area contributed by atoms with Crippen LogP contribution in [-0.2, 0) is 6.18 Å². The molecule has 0 saturated carbocycles. The molecule has 0 amide bonds. The van der Waals surface area contributed by atoms with Crippen LogP contribution in [0.15, 0.2) is 30.3 Å². The number of rotatable bonds is 3. The molecule has 2 aromatic carbocycles. The number of carbonyl (C=O) groups excluding carboxylic acids is 1. The van der Waals surface area contributed by atoms with E-state index in [-0.39, 0.29) is 17.9 Å². The van der Waals surface area contributed by atoms with Crippen LogP contribution in [0, 0.1) is 17.5 Å². The summed E-state index contributed by atoms with van der Waals surface area (Å²) >= 11 is 0. The van der Waals surface area contributed by atoms with Crippen molar-refractivity contribution in [1.29, 1.82) is 0 Å². The Morgan fingerprint density at radius 1 is 0.909 bits per heavy atom. The maximum atomic E-state index is 13.6. The molecule has 2 aromatic rings. The molecule has 0 unspecified atom stereocenters. The summed E-state index contributed by atoms with van der Waals surface area (Å²) in [5.41, 5.74) is -1.94. The van der Waals surface area contributed by atoms with Gasteiger partial charge in [-0.3, -0.25) is 4.79 Å². The summed E-state index contributed by atoms with van der Waals surface area (Å²) in [5.74, 6) is -5.70. The fourth-order valence-electron chi connectivity index (χ4n) is 1.65. The fraction of sp³-hybridized carbons (Fsp3) is 0.0714. The van der Waals surface area contributed by atoms with E-state index in [0.717, 1.165) is 6.07 Å². The Labute approximate surface area is 119 Å². The standard InChI is InChI=1S/C14H6F6O2/c15-10-2-1-8(5-9(10)14(18,19)20)22-13-11(16)3-7(6-21)4-12(13)17/h1-6H. The van der Waals surface area contributed by atoms with Crippen molar-refractivity contribution in [2.24, 2.45) is 0 Å². The van der Waals surface area contributed by atoms with E-state index in [1.807, 2.05) is 0 Å². The van der Waals surface area contributed by atoms with Crippen molar-refractivity contribution in [3.8, 4) is 11.5 Å². The number of hydrogen-bond acceptors (Lipinski definition) is 2. The highest BCUT2D eigenvalue weighted by molar-refractivity contribution is 5.75. The average Bonchev–Trinajstić information content (AvgIpc) is 2.43. The van der Waals surface area contributed by atoms with E-state index >= 15 is 0 Å². The lowest BCUT2D eigenvalue weighted by atomic mass is 10.2. The number of ether oxygens (including phenoxy) is 1. The number of alkyl halides is 3. The first-order chi connectivity index (χ1) is 10.2. The first-order valence-electron chi connectivity index (χ1n) is 5.71. The van der Waals surface area contributed by atoms with E-state index in [9.17, 15) is 31.1 Å². The lowest BCUT2D eigenvalue weighted by Gasteiger charge is -2.12. The molecule has 0 N–H and O–H groups in total. The quantitative estimate of drug-likeness (QED) is 0.604. The van der Waals surface area contributed by atoms with Crippen molar-refractivity contribution < 1.29 is 35.9 Å². The molecule has 0 saturated heterocycles. The minimum Gasteiger partial charge on any atom is -0.451 e. The maximum Gasteiger partial charge on any atom is 0.419 e. The third kappa shape index (κ3) is 3.21. The zero-order chi connectivity index (χ0) is 16.5. The Hall–Kier alpha value is -2.51. The lowest BCUT2D eigenvalue weighted by molar-refractivity contribution is -0.140. The molecule has 0 atom stereocenters. The van der Waals surface area contributed by atoms with Crippen LogP contribution in [-0.4, -0.2) is 6.29 Å². The van der Waals surface area contributed by atoms with Gasteiger partial charge in [-0.15, -0.1) is 0 Å². The maximum absolute atomic E-state index is 13.6. The topological polar surface area (TPSA) is 26.3 Å². The van der Waals surface area contributed by atoms with Gasteiger partial charge < -0.3 is 4.74 Å². The minimum absolute atomic E-state index is 0.190. The van der Waals surface area contributed by atoms with Crippen LogP contribution in [0.5, 0.6) is 11.5 Å². The summed E-state index contributed by atoms with van der Waals surface area (Å²) in [4.78, 5) is 10.4. The highest BCUT2D eigenvalue weighted by atomic mass is 19.4. The Morgan fingerprint density at radius 3 is 2.00 bits per heavy atom. The molecule has 0 spiro atoms. The van der Waals surface area contributed by atoms with Crippen LogP contribution in [0.2, 0.25) is 0 Å². The molecule has 22 heavy (non-hydrogen) atoms. The van der Waals surface area contributed by atoms with Crippen molar-refractivity contribution >= 4 is 6.29 Å². The fourth-order valence-corrected chi connectivity index (χ4v) is 1.65. The van der Waals surface area contributed by atoms with E-state index in [1.54, 1.807) is 0 Å². The molecule has 0 aliphatic rings. The van der Waals surface area contributed by atoms with Gasteiger partial charge in [-0.25, -0.2) is 13.2 Å². The Kier molecular flexibility index (Phi) is 4.11. The van der Waals surface area contributed by atoms with Gasteiger partial charge in [-0.2, -0.15) is 13.2 Å². The van der Waals surface area contributed by atoms with Gasteiger partial charge in [-0.1, -0.05) is 0 Å². The van der Waals surface area contributed by atoms with Crippen LogP contribution in [0.4, 0.5) is 26.3 Å². The molecular formula is C14H6F6O2. The predicted octanol–water partition coefficient (Wildman–Crippen LogP) is 4.73. The van der Waals surface area contributed by atoms with Crippen molar-refractivity contribution in [3.63, 3.8) is 0 Å². The number of halogens is 6. The third-order valence-corrected chi connectivity index (χ3v) is 2.62. The zero-order valence-electron chi connectivity index (χ0n) is 10.5. The number of aldehydes is 1. The molecule has 0 fully saturated rings. The van der Waals surface area contributed by atoms with Gasteiger partial charge in [0.05, 0.1) is 5.56 Å². The molecule has 0 bridgehead atoms. The van der Waals surface area contributed by atoms with Gasteiger partial charge >= 0.3 is 6.18 Å². The molecule has 0 heterocycles. The highest BCUT2D eigenvalue weighted by Gasteiger charge is 2.34. The second-order valence-electron chi connectivity index (χ2n) is 4.17. The van der Waals surface area contributed by atoms with Gasteiger partial charge in [0.15, 0.2) is 17.4 Å². The molecule has 2 nitrogen and oxygen atoms in total. The minimum atomic E-state index is -4.98. The number of carbonyl (C=O) groups is 1. The van der Waals surface area contributed by atoms with Gasteiger partial charge in [0, 0.05) is 5.56 Å². The number of benzene rings is 2. The SMILES string of the molecule is O=Cc1cc(F)c(Oc2ccc(F)c(C(F)(F)F)c2)c(F)c1. The van der Waals surface area contributed by atoms with Crippen LogP contribution < -0.4 is 4.74 Å². The van der Waals surface area contributed by atoms with E-state index in [2.05, 4.69) is 0 Å². The molecule has 116 valence electrons. The Balaban J connectivity index is 2.42. The molecule has 0 aliphatic heterocycles. The van der Waals surface area contributed by atoms with Crippen molar-refractivity contribution in [2.75, 3.05) is 0 Å². The van der Waals surface area contributed by atoms with Gasteiger partial charge in [-0.05, 0) is 30.3 Å². The summed E-state index contributed by atoms with van der Waals surface area (Å²) in [6, 6.07) is 2.84. The summed E-state index contributed by atoms with van der Waals surface area (Å²) in [7, 11) is 0. The molecule has 0 aliphatic carbocycles. The first-order valence-corrected chi connectivity index (χ1v) is 5.71. The second-order valence-corrected chi connectivity index (χ2v) is 4.17. The first kappa shape index (κ1) is 15.9. The van der Waals surface area contributed by atoms with Gasteiger partial charge in [0.1, 0.15) is 17.9 Å². The molecule has 2 rings (SSSR count). The van der Waals surface area contributed by atoms with Crippen molar-refractivity contribution in [2.45, 2.75) is 6.18 Å². The van der Waals surface area contributed by atoms with Gasteiger partial charge in [0.25, 0.3) is 0 Å². The monoisotopic (exact) mass is 320 g/mol. The summed E-state index contributed by atoms with van der Waals surface area (Å²) in [5, 5.41) is 0. The van der Waals surface area contributed by atoms with E-state index in [4.69, 9.17) is 4.74 Å². The summed E-state index contributed by atoms with van der Waals surface area (Å²) in [6.07, 6.45) is -4.79. The predicted molar refractivity (Wildman–Crippen MR) is 63.2 cm³/mol. The Morgan fingerprint density at radius 2 is 1.50 bits per heavy atom. The van der Waals surface area contributed by atoms with Crippen LogP contribution in [0.3, 0.4) is 0 Å². The smallest absolute Gasteiger partial charge is 0.419 e. The summed E-state index contributed by atoms with van der Waals surface area (Å²) < 4.78 is 82.6. The number of hydrogen-bond donors (Lipinski definition) is 0. The molecule has 0 aromatic heterocycles. The molecule has 8 heteroatoms. The van der Waals surface area contributed by atoms with E-state index < -0.39 is 40.7 Å². The Bertz CT molecular complexity index is 701. The van der Waals surface area contributed by atoms with Gasteiger partial charge in [0.2, 0.25) is 0 Å². The normalized spacial score (nSPS) is 11.4. The van der Waals surface area contributed by atoms with Crippen LogP contribution in [0.1, 0.15) is 15.9 Å². The molecule has 0 radical (unpaired) electrons. The molecular weight excluding hydrogens is 314 g/mol. The average molecular weight is 320 g/mol. The van der Waals surface area contributed by atoms with Crippen molar-refractivity contribution in [3.05, 3.63) is 58.9 Å². The lowest BCUT2D eigenvalue weighted by Crippen LogP contribution is -2.08. The van der Waals surface area contributed by atoms with Crippen LogP contribution >= 0.6 is 0 Å². The largest absolute Gasteiger partial charge is 0.451 e. The highest BCUT2D eigenvalue weighted by Crippen LogP contribution is 2.35. The van der Waals surface area contributed by atoms with E-state index in [0.29, 0.717) is 18.2 Å². The van der Waals surface area contributed by atoms with Crippen molar-refractivity contribution in [1.82, 2.24) is 0 Å². The van der Waals surface area contributed by atoms with E-state index in [1.165, 1.54) is 0 Å². The zero-order valence-corrected chi connectivity index (χ0v) is 10.5. The van der Waals surface area contributed by atoms with Crippen LogP contribution in [0.25, 0.3) is 0 Å².